The Hall–Kier alpha value is -2.43. The smallest absolute Gasteiger partial charge is 0.342 e. The molecule has 4 nitrogen and oxygen atoms in total. The number of hydrogen-bond acceptors (Lipinski definition) is 3. The summed E-state index contributed by atoms with van der Waals surface area (Å²) in [6.07, 6.45) is 0. The number of rotatable bonds is 2. The lowest BCUT2D eigenvalue weighted by Crippen LogP contribution is -2.05. The molecular formula is C15H13FN2O2. The summed E-state index contributed by atoms with van der Waals surface area (Å²) in [6, 6.07) is 8.36. The van der Waals surface area contributed by atoms with E-state index < -0.39 is 5.97 Å². The van der Waals surface area contributed by atoms with Crippen LogP contribution in [-0.4, -0.2) is 22.2 Å². The molecule has 2 heterocycles. The lowest BCUT2D eigenvalue weighted by atomic mass is 10.1. The van der Waals surface area contributed by atoms with Crippen LogP contribution in [0.3, 0.4) is 0 Å². The van der Waals surface area contributed by atoms with Gasteiger partial charge in [0.15, 0.2) is 0 Å². The first-order valence-corrected chi connectivity index (χ1v) is 6.37. The predicted molar refractivity (Wildman–Crippen MR) is 73.3 cm³/mol. The molecule has 1 aromatic carbocycles. The van der Waals surface area contributed by atoms with Gasteiger partial charge in [-0.1, -0.05) is 18.2 Å². The van der Waals surface area contributed by atoms with Gasteiger partial charge in [0.05, 0.1) is 17.8 Å². The van der Waals surface area contributed by atoms with Crippen LogP contribution in [0.5, 0.6) is 0 Å². The number of ether oxygens (including phenoxy) is 1. The third-order valence-corrected chi connectivity index (χ3v) is 3.23. The van der Waals surface area contributed by atoms with Crippen molar-refractivity contribution in [3.8, 4) is 0 Å². The van der Waals surface area contributed by atoms with Crippen LogP contribution in [0.2, 0.25) is 0 Å². The van der Waals surface area contributed by atoms with E-state index in [1.54, 1.807) is 38.1 Å². The molecule has 0 radical (unpaired) electrons. The predicted octanol–water partition coefficient (Wildman–Crippen LogP) is 3.11. The molecule has 0 bridgehead atoms. The first-order valence-electron chi connectivity index (χ1n) is 6.37. The van der Waals surface area contributed by atoms with E-state index in [1.807, 2.05) is 0 Å². The lowest BCUT2D eigenvalue weighted by molar-refractivity contribution is 0.0528. The third kappa shape index (κ3) is 1.74. The maximum absolute atomic E-state index is 14.0. The number of aryl methyl sites for hydroxylation is 1. The van der Waals surface area contributed by atoms with Gasteiger partial charge >= 0.3 is 5.97 Å². The fraction of sp³-hybridized carbons (Fsp3) is 0.200. The molecule has 0 fully saturated rings. The number of pyridine rings is 1. The van der Waals surface area contributed by atoms with E-state index in [4.69, 9.17) is 4.74 Å². The Bertz CT molecular complexity index is 823. The number of nitrogens with zero attached hydrogens (tertiary/aromatic N) is 2. The maximum atomic E-state index is 14.0. The SMILES string of the molecule is CCOC(=O)c1c(C)nn2c1ccc1cccc(F)c12. The van der Waals surface area contributed by atoms with Crippen molar-refractivity contribution in [2.75, 3.05) is 6.61 Å². The number of benzene rings is 1. The molecule has 0 saturated carbocycles. The number of halogens is 1. The summed E-state index contributed by atoms with van der Waals surface area (Å²) < 4.78 is 20.5. The maximum Gasteiger partial charge on any atom is 0.342 e. The zero-order chi connectivity index (χ0) is 14.3. The van der Waals surface area contributed by atoms with Gasteiger partial charge in [-0.15, -0.1) is 0 Å². The summed E-state index contributed by atoms with van der Waals surface area (Å²) in [6.45, 7) is 3.75. The molecule has 0 amide bonds. The highest BCUT2D eigenvalue weighted by atomic mass is 19.1. The Labute approximate surface area is 114 Å². The van der Waals surface area contributed by atoms with Gasteiger partial charge in [-0.3, -0.25) is 0 Å². The van der Waals surface area contributed by atoms with Crippen LogP contribution >= 0.6 is 0 Å². The van der Waals surface area contributed by atoms with Crippen molar-refractivity contribution in [1.29, 1.82) is 0 Å². The standard InChI is InChI=1S/C15H13FN2O2/c1-3-20-15(19)13-9(2)17-18-12(13)8-7-10-5-4-6-11(16)14(10)18/h4-8H,3H2,1-2H3. The summed E-state index contributed by atoms with van der Waals surface area (Å²) in [5.41, 5.74) is 1.83. The van der Waals surface area contributed by atoms with Gasteiger partial charge in [0.1, 0.15) is 16.9 Å². The molecule has 0 aliphatic heterocycles. The molecule has 0 aliphatic carbocycles. The van der Waals surface area contributed by atoms with Crippen LogP contribution in [0.1, 0.15) is 23.0 Å². The number of fused-ring (bicyclic) bond motifs is 3. The van der Waals surface area contributed by atoms with Crippen LogP contribution in [0, 0.1) is 12.7 Å². The number of aromatic nitrogens is 2. The Balaban J connectivity index is 2.38. The number of carbonyl (C=O) groups excluding carboxylic acids is 1. The topological polar surface area (TPSA) is 43.6 Å². The van der Waals surface area contributed by atoms with Crippen LogP contribution in [0.15, 0.2) is 30.3 Å². The zero-order valence-electron chi connectivity index (χ0n) is 11.2. The average molecular weight is 272 g/mol. The first-order chi connectivity index (χ1) is 9.63. The first kappa shape index (κ1) is 12.6. The number of para-hydroxylation sites is 1. The number of hydrogen-bond donors (Lipinski definition) is 0. The molecule has 5 heteroatoms. The van der Waals surface area contributed by atoms with E-state index in [1.165, 1.54) is 10.6 Å². The minimum atomic E-state index is -0.435. The molecule has 0 unspecified atom stereocenters. The van der Waals surface area contributed by atoms with Gasteiger partial charge < -0.3 is 4.74 Å². The van der Waals surface area contributed by atoms with Crippen molar-refractivity contribution >= 4 is 22.4 Å². The minimum absolute atomic E-state index is 0.289. The Morgan fingerprint density at radius 3 is 2.90 bits per heavy atom. The molecule has 0 atom stereocenters. The number of esters is 1. The van der Waals surface area contributed by atoms with Crippen LogP contribution in [0.25, 0.3) is 16.4 Å². The minimum Gasteiger partial charge on any atom is -0.462 e. The second-order valence-electron chi connectivity index (χ2n) is 4.49. The number of carbonyl (C=O) groups is 1. The van der Waals surface area contributed by atoms with Crippen LogP contribution in [0.4, 0.5) is 4.39 Å². The Kier molecular flexibility index (Phi) is 2.89. The molecule has 0 spiro atoms. The van der Waals surface area contributed by atoms with Crippen LogP contribution < -0.4 is 0 Å². The van der Waals surface area contributed by atoms with Crippen molar-refractivity contribution in [3.05, 3.63) is 47.4 Å². The summed E-state index contributed by atoms with van der Waals surface area (Å²) in [7, 11) is 0. The molecule has 2 aromatic heterocycles. The van der Waals surface area contributed by atoms with E-state index in [0.717, 1.165) is 5.39 Å². The molecule has 20 heavy (non-hydrogen) atoms. The van der Waals surface area contributed by atoms with Crippen molar-refractivity contribution in [1.82, 2.24) is 9.61 Å². The van der Waals surface area contributed by atoms with Crippen LogP contribution in [-0.2, 0) is 4.74 Å². The average Bonchev–Trinajstić information content (AvgIpc) is 2.75. The monoisotopic (exact) mass is 272 g/mol. The van der Waals surface area contributed by atoms with Gasteiger partial charge in [0.2, 0.25) is 0 Å². The van der Waals surface area contributed by atoms with Gasteiger partial charge in [0.25, 0.3) is 0 Å². The van der Waals surface area contributed by atoms with E-state index in [2.05, 4.69) is 5.10 Å². The van der Waals surface area contributed by atoms with Crippen molar-refractivity contribution in [3.63, 3.8) is 0 Å². The molecule has 3 rings (SSSR count). The highest BCUT2D eigenvalue weighted by Gasteiger charge is 2.20. The summed E-state index contributed by atoms with van der Waals surface area (Å²) in [5, 5.41) is 5.01. The van der Waals surface area contributed by atoms with E-state index in [9.17, 15) is 9.18 Å². The molecular weight excluding hydrogens is 259 g/mol. The fourth-order valence-corrected chi connectivity index (χ4v) is 2.38. The molecule has 102 valence electrons. The molecule has 0 N–H and O–H groups in total. The van der Waals surface area contributed by atoms with E-state index in [-0.39, 0.29) is 12.4 Å². The Morgan fingerprint density at radius 1 is 1.35 bits per heavy atom. The highest BCUT2D eigenvalue weighted by molar-refractivity contribution is 6.00. The quantitative estimate of drug-likeness (QED) is 0.673. The summed E-state index contributed by atoms with van der Waals surface area (Å²) in [4.78, 5) is 12.0. The van der Waals surface area contributed by atoms with Gasteiger partial charge in [-0.25, -0.2) is 13.7 Å². The highest BCUT2D eigenvalue weighted by Crippen LogP contribution is 2.24. The van der Waals surface area contributed by atoms with Crippen molar-refractivity contribution in [2.24, 2.45) is 0 Å². The molecule has 3 aromatic rings. The fourth-order valence-electron chi connectivity index (χ4n) is 2.38. The molecule has 0 aliphatic rings. The lowest BCUT2D eigenvalue weighted by Gasteiger charge is -2.04. The van der Waals surface area contributed by atoms with Crippen molar-refractivity contribution < 1.29 is 13.9 Å². The zero-order valence-corrected chi connectivity index (χ0v) is 11.2. The Morgan fingerprint density at radius 2 is 2.15 bits per heavy atom. The second kappa shape index (κ2) is 4.59. The van der Waals surface area contributed by atoms with Crippen molar-refractivity contribution in [2.45, 2.75) is 13.8 Å². The largest absolute Gasteiger partial charge is 0.462 e. The van der Waals surface area contributed by atoms with Gasteiger partial charge in [-0.2, -0.15) is 5.10 Å². The normalized spacial score (nSPS) is 11.2. The summed E-state index contributed by atoms with van der Waals surface area (Å²) in [5.74, 6) is -0.804. The molecule has 0 saturated heterocycles. The van der Waals surface area contributed by atoms with E-state index in [0.29, 0.717) is 22.3 Å². The second-order valence-corrected chi connectivity index (χ2v) is 4.49. The van der Waals surface area contributed by atoms with E-state index >= 15 is 0 Å². The van der Waals surface area contributed by atoms with Gasteiger partial charge in [0, 0.05) is 5.39 Å². The third-order valence-electron chi connectivity index (χ3n) is 3.23. The summed E-state index contributed by atoms with van der Waals surface area (Å²) >= 11 is 0. The van der Waals surface area contributed by atoms with Gasteiger partial charge in [-0.05, 0) is 26.0 Å².